The molecule has 7 nitrogen and oxygen atoms in total. The number of nitrogens with zero attached hydrogens (tertiary/aromatic N) is 5. The molecule has 2 heterocycles. The Kier molecular flexibility index (Phi) is 5.14. The minimum Gasteiger partial charge on any atom is -0.497 e. The van der Waals surface area contributed by atoms with E-state index in [1.807, 2.05) is 25.1 Å². The van der Waals surface area contributed by atoms with E-state index in [9.17, 15) is 0 Å². The lowest BCUT2D eigenvalue weighted by Gasteiger charge is -2.26. The van der Waals surface area contributed by atoms with E-state index in [4.69, 9.17) is 9.26 Å². The fourth-order valence-corrected chi connectivity index (χ4v) is 2.72. The van der Waals surface area contributed by atoms with Crippen molar-refractivity contribution in [3.8, 4) is 5.75 Å². The van der Waals surface area contributed by atoms with Gasteiger partial charge >= 0.3 is 0 Å². The Morgan fingerprint density at radius 2 is 2.00 bits per heavy atom. The Morgan fingerprint density at radius 1 is 1.16 bits per heavy atom. The van der Waals surface area contributed by atoms with E-state index in [0.29, 0.717) is 12.3 Å². The molecule has 7 heteroatoms. The first-order chi connectivity index (χ1) is 12.1. The molecule has 0 fully saturated rings. The van der Waals surface area contributed by atoms with Gasteiger partial charge in [-0.15, -0.1) is 0 Å². The van der Waals surface area contributed by atoms with Gasteiger partial charge in [0.1, 0.15) is 23.3 Å². The Balaban J connectivity index is 1.97. The molecule has 0 atom stereocenters. The summed E-state index contributed by atoms with van der Waals surface area (Å²) < 4.78 is 10.6. The van der Waals surface area contributed by atoms with Crippen LogP contribution in [0.25, 0.3) is 11.1 Å². The average Bonchev–Trinajstić information content (AvgIpc) is 3.00. The number of hydrogen-bond donors (Lipinski definition) is 0. The maximum absolute atomic E-state index is 5.34. The number of aromatic nitrogens is 3. The molecule has 0 spiro atoms. The third-order valence-electron chi connectivity index (χ3n) is 4.05. The summed E-state index contributed by atoms with van der Waals surface area (Å²) in [5, 5.41) is 4.90. The van der Waals surface area contributed by atoms with Crippen LogP contribution in [0.4, 0.5) is 5.82 Å². The van der Waals surface area contributed by atoms with Crippen molar-refractivity contribution in [1.82, 2.24) is 20.0 Å². The molecule has 0 bridgehead atoms. The summed E-state index contributed by atoms with van der Waals surface area (Å²) in [6, 6.07) is 8.07. The zero-order valence-electron chi connectivity index (χ0n) is 15.1. The Bertz CT molecular complexity index is 846. The van der Waals surface area contributed by atoms with Crippen LogP contribution >= 0.6 is 0 Å². The summed E-state index contributed by atoms with van der Waals surface area (Å²) in [6.45, 7) is 4.34. The van der Waals surface area contributed by atoms with Crippen molar-refractivity contribution < 1.29 is 9.26 Å². The summed E-state index contributed by atoms with van der Waals surface area (Å²) in [4.78, 5) is 13.1. The molecule has 0 N–H and O–H groups in total. The Hall–Kier alpha value is -2.67. The molecule has 0 amide bonds. The number of likely N-dealkylation sites (N-methyl/N-ethyl adjacent to an activating group) is 1. The van der Waals surface area contributed by atoms with E-state index in [0.717, 1.165) is 41.3 Å². The van der Waals surface area contributed by atoms with Crippen molar-refractivity contribution in [2.24, 2.45) is 0 Å². The molecule has 0 radical (unpaired) electrons. The molecule has 0 aliphatic rings. The number of ether oxygens (including phenoxy) is 1. The lowest BCUT2D eigenvalue weighted by molar-refractivity contribution is 0.410. The second kappa shape index (κ2) is 7.48. The molecular weight excluding hydrogens is 318 g/mol. The molecule has 2 aromatic heterocycles. The van der Waals surface area contributed by atoms with Crippen LogP contribution in [0.1, 0.15) is 11.3 Å². The van der Waals surface area contributed by atoms with Gasteiger partial charge in [0, 0.05) is 19.6 Å². The number of rotatable bonds is 7. The molecule has 3 aromatic rings. The molecule has 0 aliphatic heterocycles. The van der Waals surface area contributed by atoms with Gasteiger partial charge in [-0.25, -0.2) is 4.98 Å². The van der Waals surface area contributed by atoms with Crippen molar-refractivity contribution in [2.45, 2.75) is 13.5 Å². The third kappa shape index (κ3) is 3.88. The number of hydrogen-bond acceptors (Lipinski definition) is 7. The van der Waals surface area contributed by atoms with Crippen LogP contribution in [0.2, 0.25) is 0 Å². The van der Waals surface area contributed by atoms with Crippen molar-refractivity contribution in [3.63, 3.8) is 0 Å². The van der Waals surface area contributed by atoms with Gasteiger partial charge in [0.2, 0.25) is 0 Å². The first-order valence-electron chi connectivity index (χ1n) is 8.18. The predicted octanol–water partition coefficient (Wildman–Crippen LogP) is 2.50. The number of methoxy groups -OCH3 is 1. The van der Waals surface area contributed by atoms with Crippen molar-refractivity contribution >= 4 is 16.9 Å². The quantitative estimate of drug-likeness (QED) is 0.654. The van der Waals surface area contributed by atoms with E-state index in [1.165, 1.54) is 6.33 Å². The topological polar surface area (TPSA) is 67.5 Å². The predicted molar refractivity (Wildman–Crippen MR) is 96.9 cm³/mol. The van der Waals surface area contributed by atoms with Crippen LogP contribution in [0.15, 0.2) is 35.1 Å². The highest BCUT2D eigenvalue weighted by Crippen LogP contribution is 2.27. The van der Waals surface area contributed by atoms with E-state index in [1.54, 1.807) is 7.11 Å². The minimum absolute atomic E-state index is 0.517. The minimum atomic E-state index is 0.517. The number of fused-ring (bicyclic) bond motifs is 1. The maximum Gasteiger partial charge on any atom is 0.263 e. The van der Waals surface area contributed by atoms with E-state index < -0.39 is 0 Å². The summed E-state index contributed by atoms with van der Waals surface area (Å²) in [5.74, 6) is 1.69. The van der Waals surface area contributed by atoms with Gasteiger partial charge in [0.15, 0.2) is 0 Å². The average molecular weight is 341 g/mol. The van der Waals surface area contributed by atoms with Gasteiger partial charge in [0.05, 0.1) is 12.8 Å². The molecule has 0 saturated carbocycles. The van der Waals surface area contributed by atoms with Crippen LogP contribution in [0.5, 0.6) is 5.75 Å². The van der Waals surface area contributed by atoms with Gasteiger partial charge in [-0.05, 0) is 38.7 Å². The van der Waals surface area contributed by atoms with Crippen LogP contribution in [-0.2, 0) is 6.54 Å². The van der Waals surface area contributed by atoms with E-state index >= 15 is 0 Å². The van der Waals surface area contributed by atoms with Crippen LogP contribution in [0.3, 0.4) is 0 Å². The zero-order chi connectivity index (χ0) is 17.8. The fourth-order valence-electron chi connectivity index (χ4n) is 2.72. The fraction of sp³-hybridized carbons (Fsp3) is 0.389. The van der Waals surface area contributed by atoms with Crippen molar-refractivity contribution in [3.05, 3.63) is 41.9 Å². The summed E-state index contributed by atoms with van der Waals surface area (Å²) in [5.41, 5.74) is 2.47. The molecule has 0 aliphatic carbocycles. The van der Waals surface area contributed by atoms with Gasteiger partial charge in [-0.1, -0.05) is 17.3 Å². The molecule has 1 aromatic carbocycles. The standard InChI is InChI=1S/C18H23N5O2/c1-13-16-17(19-12-20-18(16)25-21-13)23(9-8-22(2)3)11-14-6-5-7-15(10-14)24-4/h5-7,10,12H,8-9,11H2,1-4H3. The molecule has 0 saturated heterocycles. The largest absolute Gasteiger partial charge is 0.497 e. The Morgan fingerprint density at radius 3 is 2.76 bits per heavy atom. The normalized spacial score (nSPS) is 11.2. The van der Waals surface area contributed by atoms with Gasteiger partial charge in [-0.3, -0.25) is 0 Å². The highest BCUT2D eigenvalue weighted by atomic mass is 16.5. The monoisotopic (exact) mass is 341 g/mol. The molecule has 25 heavy (non-hydrogen) atoms. The van der Waals surface area contributed by atoms with Gasteiger partial charge in [-0.2, -0.15) is 4.98 Å². The highest BCUT2D eigenvalue weighted by Gasteiger charge is 2.18. The van der Waals surface area contributed by atoms with E-state index in [-0.39, 0.29) is 0 Å². The molecular formula is C18H23N5O2. The van der Waals surface area contributed by atoms with Gasteiger partial charge in [0.25, 0.3) is 5.71 Å². The van der Waals surface area contributed by atoms with Crippen LogP contribution in [-0.4, -0.2) is 54.3 Å². The smallest absolute Gasteiger partial charge is 0.263 e. The second-order valence-electron chi connectivity index (χ2n) is 6.22. The first kappa shape index (κ1) is 17.2. The first-order valence-corrected chi connectivity index (χ1v) is 8.18. The van der Waals surface area contributed by atoms with Crippen LogP contribution in [0, 0.1) is 6.92 Å². The molecule has 0 unspecified atom stereocenters. The number of benzene rings is 1. The zero-order valence-corrected chi connectivity index (χ0v) is 15.1. The van der Waals surface area contributed by atoms with E-state index in [2.05, 4.69) is 45.1 Å². The van der Waals surface area contributed by atoms with Crippen LogP contribution < -0.4 is 9.64 Å². The highest BCUT2D eigenvalue weighted by molar-refractivity contribution is 5.87. The van der Waals surface area contributed by atoms with Gasteiger partial charge < -0.3 is 19.1 Å². The Labute approximate surface area is 147 Å². The summed E-state index contributed by atoms with van der Waals surface area (Å²) >= 11 is 0. The summed E-state index contributed by atoms with van der Waals surface area (Å²) in [6.07, 6.45) is 1.52. The van der Waals surface area contributed by atoms with Crippen molar-refractivity contribution in [1.29, 1.82) is 0 Å². The molecule has 3 rings (SSSR count). The SMILES string of the molecule is COc1cccc(CN(CCN(C)C)c2ncnc3onc(C)c23)c1. The maximum atomic E-state index is 5.34. The number of anilines is 1. The second-order valence-corrected chi connectivity index (χ2v) is 6.22. The number of aryl methyl sites for hydroxylation is 1. The lowest BCUT2D eigenvalue weighted by atomic mass is 10.2. The summed E-state index contributed by atoms with van der Waals surface area (Å²) in [7, 11) is 5.80. The third-order valence-corrected chi connectivity index (χ3v) is 4.05. The molecule has 132 valence electrons. The van der Waals surface area contributed by atoms with Crippen molar-refractivity contribution in [2.75, 3.05) is 39.2 Å². The lowest BCUT2D eigenvalue weighted by Crippen LogP contribution is -2.32.